The van der Waals surface area contributed by atoms with Crippen molar-refractivity contribution < 1.29 is 9.21 Å². The summed E-state index contributed by atoms with van der Waals surface area (Å²) >= 11 is 12.9. The molecule has 106 valence electrons. The van der Waals surface area contributed by atoms with Gasteiger partial charge in [-0.3, -0.25) is 4.79 Å². The molecule has 0 fully saturated rings. The van der Waals surface area contributed by atoms with E-state index in [0.29, 0.717) is 21.9 Å². The minimum absolute atomic E-state index is 0.211. The first-order valence-electron chi connectivity index (χ1n) is 6.16. The lowest BCUT2D eigenvalue weighted by atomic mass is 10.0. The number of ketones is 1. The number of rotatable bonds is 2. The summed E-state index contributed by atoms with van der Waals surface area (Å²) in [6.45, 7) is 1.87. The smallest absolute Gasteiger partial charge is 0.229 e. The zero-order valence-electron chi connectivity index (χ0n) is 10.9. The van der Waals surface area contributed by atoms with E-state index in [1.165, 1.54) is 0 Å². The molecule has 0 aliphatic carbocycles. The molecule has 3 rings (SSSR count). The van der Waals surface area contributed by atoms with E-state index in [4.69, 9.17) is 16.0 Å². The van der Waals surface area contributed by atoms with Crippen LogP contribution in [-0.2, 0) is 0 Å². The molecule has 5 heteroatoms. The standard InChI is InChI=1S/C16H9Br2ClO2/c1-8-11-4-2-10(18)7-14(11)21-16(8)15(20)12-5-3-9(17)6-13(12)19/h2-7H,1H3. The van der Waals surface area contributed by atoms with Crippen LogP contribution in [0.5, 0.6) is 0 Å². The topological polar surface area (TPSA) is 30.2 Å². The number of carbonyl (C=O) groups is 1. The number of furan rings is 1. The maximum atomic E-state index is 12.6. The first-order chi connectivity index (χ1) is 9.97. The van der Waals surface area contributed by atoms with Crippen molar-refractivity contribution in [3.8, 4) is 0 Å². The first kappa shape index (κ1) is 14.8. The molecular formula is C16H9Br2ClO2. The Morgan fingerprint density at radius 2 is 1.76 bits per heavy atom. The molecule has 0 atom stereocenters. The van der Waals surface area contributed by atoms with Gasteiger partial charge in [0.1, 0.15) is 5.58 Å². The van der Waals surface area contributed by atoms with Crippen molar-refractivity contribution in [3.63, 3.8) is 0 Å². The molecule has 0 amide bonds. The fraction of sp³-hybridized carbons (Fsp3) is 0.0625. The Morgan fingerprint density at radius 3 is 2.48 bits per heavy atom. The maximum absolute atomic E-state index is 12.6. The van der Waals surface area contributed by atoms with Crippen molar-refractivity contribution in [1.29, 1.82) is 0 Å². The monoisotopic (exact) mass is 426 g/mol. The van der Waals surface area contributed by atoms with Gasteiger partial charge in [0.05, 0.1) is 5.02 Å². The molecule has 0 radical (unpaired) electrons. The van der Waals surface area contributed by atoms with E-state index < -0.39 is 0 Å². The third kappa shape index (κ3) is 2.68. The van der Waals surface area contributed by atoms with Gasteiger partial charge in [0, 0.05) is 25.5 Å². The van der Waals surface area contributed by atoms with E-state index in [2.05, 4.69) is 31.9 Å². The zero-order chi connectivity index (χ0) is 15.1. The quantitative estimate of drug-likeness (QED) is 0.458. The van der Waals surface area contributed by atoms with Crippen LogP contribution in [-0.4, -0.2) is 5.78 Å². The Balaban J connectivity index is 2.15. The van der Waals surface area contributed by atoms with Crippen molar-refractivity contribution in [2.24, 2.45) is 0 Å². The summed E-state index contributed by atoms with van der Waals surface area (Å²) in [5.41, 5.74) is 1.93. The molecule has 0 aliphatic heterocycles. The molecule has 0 spiro atoms. The average molecular weight is 429 g/mol. The molecule has 0 N–H and O–H groups in total. The number of aryl methyl sites for hydroxylation is 1. The molecule has 0 unspecified atom stereocenters. The summed E-state index contributed by atoms with van der Waals surface area (Å²) in [6.07, 6.45) is 0. The molecular weight excluding hydrogens is 419 g/mol. The predicted molar refractivity (Wildman–Crippen MR) is 91.2 cm³/mol. The van der Waals surface area contributed by atoms with Crippen LogP contribution in [0.15, 0.2) is 49.8 Å². The highest BCUT2D eigenvalue weighted by molar-refractivity contribution is 9.10. The van der Waals surface area contributed by atoms with Gasteiger partial charge in [-0.05, 0) is 43.3 Å². The van der Waals surface area contributed by atoms with Crippen molar-refractivity contribution in [2.75, 3.05) is 0 Å². The van der Waals surface area contributed by atoms with Crippen molar-refractivity contribution in [2.45, 2.75) is 6.92 Å². The predicted octanol–water partition coefficient (Wildman–Crippen LogP) is 6.15. The number of fused-ring (bicyclic) bond motifs is 1. The molecule has 0 aliphatic rings. The zero-order valence-corrected chi connectivity index (χ0v) is 14.8. The number of halogens is 3. The van der Waals surface area contributed by atoms with Crippen molar-refractivity contribution in [1.82, 2.24) is 0 Å². The van der Waals surface area contributed by atoms with Gasteiger partial charge in [-0.15, -0.1) is 0 Å². The van der Waals surface area contributed by atoms with E-state index in [0.717, 1.165) is 19.9 Å². The summed E-state index contributed by atoms with van der Waals surface area (Å²) in [5, 5.41) is 1.32. The van der Waals surface area contributed by atoms with E-state index in [9.17, 15) is 4.79 Å². The summed E-state index contributed by atoms with van der Waals surface area (Å²) < 4.78 is 7.47. The Kier molecular flexibility index (Phi) is 3.95. The minimum Gasteiger partial charge on any atom is -0.452 e. The molecule has 1 aromatic heterocycles. The Labute approximate surface area is 143 Å². The molecule has 3 aromatic rings. The fourth-order valence-corrected chi connectivity index (χ4v) is 3.31. The van der Waals surface area contributed by atoms with Crippen LogP contribution in [0.3, 0.4) is 0 Å². The van der Waals surface area contributed by atoms with Gasteiger partial charge in [0.15, 0.2) is 5.76 Å². The van der Waals surface area contributed by atoms with Crippen LogP contribution in [0.4, 0.5) is 0 Å². The molecule has 2 aromatic carbocycles. The summed E-state index contributed by atoms with van der Waals surface area (Å²) in [5.74, 6) is 0.115. The summed E-state index contributed by atoms with van der Waals surface area (Å²) in [7, 11) is 0. The second kappa shape index (κ2) is 5.59. The molecule has 0 bridgehead atoms. The van der Waals surface area contributed by atoms with Gasteiger partial charge < -0.3 is 4.42 Å². The van der Waals surface area contributed by atoms with Gasteiger partial charge in [-0.25, -0.2) is 0 Å². The molecule has 0 saturated carbocycles. The summed E-state index contributed by atoms with van der Waals surface area (Å²) in [6, 6.07) is 10.9. The third-order valence-electron chi connectivity index (χ3n) is 3.28. The van der Waals surface area contributed by atoms with Gasteiger partial charge >= 0.3 is 0 Å². The Hall–Kier alpha value is -1.10. The summed E-state index contributed by atoms with van der Waals surface area (Å²) in [4.78, 5) is 12.6. The highest BCUT2D eigenvalue weighted by Gasteiger charge is 2.21. The number of hydrogen-bond donors (Lipinski definition) is 0. The average Bonchev–Trinajstić information content (AvgIpc) is 2.75. The highest BCUT2D eigenvalue weighted by atomic mass is 79.9. The Bertz CT molecular complexity index is 868. The second-order valence-electron chi connectivity index (χ2n) is 4.65. The van der Waals surface area contributed by atoms with Crippen LogP contribution in [0.1, 0.15) is 21.7 Å². The number of hydrogen-bond acceptors (Lipinski definition) is 2. The molecule has 1 heterocycles. The lowest BCUT2D eigenvalue weighted by Crippen LogP contribution is -2.02. The lowest BCUT2D eigenvalue weighted by Gasteiger charge is -2.02. The van der Waals surface area contributed by atoms with E-state index in [-0.39, 0.29) is 5.78 Å². The normalized spacial score (nSPS) is 11.0. The molecule has 0 saturated heterocycles. The van der Waals surface area contributed by atoms with E-state index >= 15 is 0 Å². The van der Waals surface area contributed by atoms with Gasteiger partial charge in [0.2, 0.25) is 5.78 Å². The van der Waals surface area contributed by atoms with Gasteiger partial charge in [-0.2, -0.15) is 0 Å². The lowest BCUT2D eigenvalue weighted by molar-refractivity contribution is 0.101. The van der Waals surface area contributed by atoms with E-state index in [1.54, 1.807) is 18.2 Å². The first-order valence-corrected chi connectivity index (χ1v) is 8.12. The second-order valence-corrected chi connectivity index (χ2v) is 6.89. The van der Waals surface area contributed by atoms with E-state index in [1.807, 2.05) is 25.1 Å². The van der Waals surface area contributed by atoms with Gasteiger partial charge in [-0.1, -0.05) is 43.5 Å². The van der Waals surface area contributed by atoms with Crippen LogP contribution in [0, 0.1) is 6.92 Å². The maximum Gasteiger partial charge on any atom is 0.229 e. The Morgan fingerprint density at radius 1 is 1.10 bits per heavy atom. The van der Waals surface area contributed by atoms with Crippen molar-refractivity contribution >= 4 is 60.2 Å². The van der Waals surface area contributed by atoms with Crippen LogP contribution >= 0.6 is 43.5 Å². The minimum atomic E-state index is -0.211. The highest BCUT2D eigenvalue weighted by Crippen LogP contribution is 2.31. The molecule has 2 nitrogen and oxygen atoms in total. The SMILES string of the molecule is Cc1c(C(=O)c2ccc(Br)cc2Cl)oc2cc(Br)ccc12. The van der Waals surface area contributed by atoms with Crippen LogP contribution in [0.2, 0.25) is 5.02 Å². The number of benzene rings is 2. The molecule has 21 heavy (non-hydrogen) atoms. The van der Waals surface area contributed by atoms with Gasteiger partial charge in [0.25, 0.3) is 0 Å². The number of carbonyl (C=O) groups excluding carboxylic acids is 1. The van der Waals surface area contributed by atoms with Crippen LogP contribution in [0.25, 0.3) is 11.0 Å². The third-order valence-corrected chi connectivity index (χ3v) is 4.58. The largest absolute Gasteiger partial charge is 0.452 e. The van der Waals surface area contributed by atoms with Crippen molar-refractivity contribution in [3.05, 3.63) is 67.3 Å². The fourth-order valence-electron chi connectivity index (χ4n) is 2.21. The van der Waals surface area contributed by atoms with Crippen LogP contribution < -0.4 is 0 Å².